The van der Waals surface area contributed by atoms with Crippen molar-refractivity contribution in [1.29, 1.82) is 0 Å². The average Bonchev–Trinajstić information content (AvgIpc) is 3.92. The standard InChI is InChI=1S/C68H51N3/c1-3-15-49(16-4-1)69(50-17-5-2-6-18-50)62-35-31-45-30-34-57-63(36-32-46-29-33-56(62)65(45)66(46)57)71(52-20-13-19-51(42-52)70-60-26-11-8-21-53(60)54-22-9-12-27-61(54)70)64-28-14-25-59-67(64)55-23-7-10-24-58(55)68(59)47-38-43-37-44(40-47)41-48(68)39-43/h1-36,42-44,47-48H,37-41H2. The number of hydrogen-bond donors (Lipinski definition) is 0. The van der Waals surface area contributed by atoms with Crippen molar-refractivity contribution in [3.63, 3.8) is 0 Å². The van der Waals surface area contributed by atoms with Crippen LogP contribution < -0.4 is 9.80 Å². The molecule has 1 spiro atoms. The Morgan fingerprint density at radius 1 is 0.366 bits per heavy atom. The molecule has 1 aromatic heterocycles. The van der Waals surface area contributed by atoms with Gasteiger partial charge in [0.25, 0.3) is 0 Å². The van der Waals surface area contributed by atoms with Gasteiger partial charge in [-0.05, 0) is 167 Å². The zero-order chi connectivity index (χ0) is 46.4. The van der Waals surface area contributed by atoms with Gasteiger partial charge >= 0.3 is 0 Å². The molecule has 0 atom stereocenters. The van der Waals surface area contributed by atoms with E-state index in [4.69, 9.17) is 0 Å². The van der Waals surface area contributed by atoms with Crippen LogP contribution in [0.25, 0.3) is 70.9 Å². The highest BCUT2D eigenvalue weighted by Crippen LogP contribution is 2.70. The number of aromatic nitrogens is 1. The summed E-state index contributed by atoms with van der Waals surface area (Å²) in [4.78, 5) is 5.07. The Kier molecular flexibility index (Phi) is 8.35. The number of hydrogen-bond acceptors (Lipinski definition) is 2. The van der Waals surface area contributed by atoms with E-state index in [1.807, 2.05) is 0 Å². The van der Waals surface area contributed by atoms with Crippen molar-refractivity contribution in [3.05, 3.63) is 236 Å². The minimum atomic E-state index is 0.0499. The monoisotopic (exact) mass is 909 g/mol. The van der Waals surface area contributed by atoms with Crippen LogP contribution in [0.2, 0.25) is 0 Å². The third-order valence-corrected chi connectivity index (χ3v) is 17.9. The molecule has 0 amide bonds. The first-order valence-corrected chi connectivity index (χ1v) is 25.9. The number of fused-ring (bicyclic) bond motifs is 6. The van der Waals surface area contributed by atoms with Crippen LogP contribution in [0.3, 0.4) is 0 Å². The maximum atomic E-state index is 2.65. The van der Waals surface area contributed by atoms with Crippen LogP contribution in [-0.2, 0) is 5.41 Å². The summed E-state index contributed by atoms with van der Waals surface area (Å²) in [6.07, 6.45) is 6.88. The van der Waals surface area contributed by atoms with E-state index >= 15 is 0 Å². The Labute approximate surface area is 414 Å². The van der Waals surface area contributed by atoms with E-state index in [9.17, 15) is 0 Å². The van der Waals surface area contributed by atoms with Crippen molar-refractivity contribution in [1.82, 2.24) is 4.57 Å². The minimum Gasteiger partial charge on any atom is -0.310 e. The van der Waals surface area contributed by atoms with E-state index in [1.165, 1.54) is 114 Å². The molecule has 5 aliphatic carbocycles. The largest absolute Gasteiger partial charge is 0.310 e. The zero-order valence-corrected chi connectivity index (χ0v) is 39.5. The van der Waals surface area contributed by atoms with Gasteiger partial charge in [0.05, 0.1) is 28.1 Å². The van der Waals surface area contributed by atoms with Crippen molar-refractivity contribution in [2.24, 2.45) is 23.7 Å². The highest BCUT2D eigenvalue weighted by molar-refractivity contribution is 6.28. The molecule has 4 fully saturated rings. The maximum absolute atomic E-state index is 2.65. The molecule has 17 rings (SSSR count). The van der Waals surface area contributed by atoms with Gasteiger partial charge in [-0.3, -0.25) is 0 Å². The topological polar surface area (TPSA) is 11.4 Å². The van der Waals surface area contributed by atoms with Gasteiger partial charge in [-0.15, -0.1) is 0 Å². The van der Waals surface area contributed by atoms with Crippen LogP contribution in [0.1, 0.15) is 43.2 Å². The van der Waals surface area contributed by atoms with E-state index < -0.39 is 0 Å². The molecule has 3 nitrogen and oxygen atoms in total. The van der Waals surface area contributed by atoms with Gasteiger partial charge in [0.15, 0.2) is 0 Å². The van der Waals surface area contributed by atoms with Gasteiger partial charge in [0.2, 0.25) is 0 Å². The van der Waals surface area contributed by atoms with Crippen LogP contribution in [0.5, 0.6) is 0 Å². The molecule has 5 aliphatic rings. The van der Waals surface area contributed by atoms with Crippen LogP contribution in [0.4, 0.5) is 34.1 Å². The third-order valence-electron chi connectivity index (χ3n) is 17.9. The van der Waals surface area contributed by atoms with E-state index in [0.717, 1.165) is 34.6 Å². The summed E-state index contributed by atoms with van der Waals surface area (Å²) < 4.78 is 2.47. The predicted octanol–water partition coefficient (Wildman–Crippen LogP) is 18.3. The highest BCUT2D eigenvalue weighted by Gasteiger charge is 2.62. The van der Waals surface area contributed by atoms with E-state index in [2.05, 4.69) is 239 Å². The summed E-state index contributed by atoms with van der Waals surface area (Å²) in [7, 11) is 0. The summed E-state index contributed by atoms with van der Waals surface area (Å²) >= 11 is 0. The Morgan fingerprint density at radius 2 is 0.873 bits per heavy atom. The molecule has 0 unspecified atom stereocenters. The molecule has 11 aromatic carbocycles. The van der Waals surface area contributed by atoms with Crippen LogP contribution in [0.15, 0.2) is 224 Å². The Hall–Kier alpha value is -8.14. The first kappa shape index (κ1) is 39.7. The SMILES string of the molecule is c1ccc(N(c2ccccc2)c2ccc3ccc4c(N(c5cccc(-n6c7ccccc7c7ccccc76)c5)c5cccc6c5-c5ccccc5C65C6CC7CC(C6)CC5C7)ccc5ccc2c3c54)cc1. The fourth-order valence-electron chi connectivity index (χ4n) is 15.5. The molecule has 4 saturated carbocycles. The fraction of sp³-hybridized carbons (Fsp3) is 0.147. The average molecular weight is 910 g/mol. The molecule has 3 heteroatoms. The first-order chi connectivity index (χ1) is 35.2. The van der Waals surface area contributed by atoms with Crippen LogP contribution in [-0.4, -0.2) is 4.57 Å². The Balaban J connectivity index is 0.971. The molecule has 12 aromatic rings. The number of para-hydroxylation sites is 4. The smallest absolute Gasteiger partial charge is 0.0543 e. The van der Waals surface area contributed by atoms with Crippen molar-refractivity contribution in [2.45, 2.75) is 37.5 Å². The quantitative estimate of drug-likeness (QED) is 0.148. The van der Waals surface area contributed by atoms with Crippen molar-refractivity contribution in [3.8, 4) is 16.8 Å². The van der Waals surface area contributed by atoms with Crippen LogP contribution >= 0.6 is 0 Å². The van der Waals surface area contributed by atoms with E-state index in [0.29, 0.717) is 11.8 Å². The molecule has 71 heavy (non-hydrogen) atoms. The molecule has 338 valence electrons. The highest BCUT2D eigenvalue weighted by atomic mass is 15.2. The van der Waals surface area contributed by atoms with Gasteiger partial charge in [-0.1, -0.05) is 152 Å². The van der Waals surface area contributed by atoms with Crippen molar-refractivity contribution < 1.29 is 0 Å². The number of rotatable bonds is 7. The minimum absolute atomic E-state index is 0.0499. The van der Waals surface area contributed by atoms with Crippen LogP contribution in [0, 0.1) is 23.7 Å². The molecule has 0 N–H and O–H groups in total. The second-order valence-electron chi connectivity index (χ2n) is 21.2. The van der Waals surface area contributed by atoms with Gasteiger partial charge in [0.1, 0.15) is 0 Å². The lowest BCUT2D eigenvalue weighted by molar-refractivity contribution is -0.0399. The predicted molar refractivity (Wildman–Crippen MR) is 297 cm³/mol. The number of anilines is 6. The van der Waals surface area contributed by atoms with Gasteiger partial charge in [0, 0.05) is 55.3 Å². The zero-order valence-electron chi connectivity index (χ0n) is 39.5. The molecule has 0 aliphatic heterocycles. The molecule has 4 bridgehead atoms. The van der Waals surface area contributed by atoms with Gasteiger partial charge in [-0.2, -0.15) is 0 Å². The number of benzene rings is 11. The summed E-state index contributed by atoms with van der Waals surface area (Å²) in [6.45, 7) is 0. The third kappa shape index (κ3) is 5.49. The summed E-state index contributed by atoms with van der Waals surface area (Å²) in [5.41, 5.74) is 16.7. The molecule has 0 radical (unpaired) electrons. The van der Waals surface area contributed by atoms with Crippen molar-refractivity contribution >= 4 is 88.2 Å². The molecular weight excluding hydrogens is 859 g/mol. The second-order valence-corrected chi connectivity index (χ2v) is 21.2. The lowest BCUT2D eigenvalue weighted by Crippen LogP contribution is -2.55. The van der Waals surface area contributed by atoms with E-state index in [1.54, 1.807) is 11.1 Å². The number of nitrogens with zero attached hydrogens (tertiary/aromatic N) is 3. The molecular formula is C68H51N3. The van der Waals surface area contributed by atoms with E-state index in [-0.39, 0.29) is 5.41 Å². The second kappa shape index (κ2) is 14.9. The lowest BCUT2D eigenvalue weighted by Gasteiger charge is -2.61. The van der Waals surface area contributed by atoms with Gasteiger partial charge in [-0.25, -0.2) is 0 Å². The maximum Gasteiger partial charge on any atom is 0.0543 e. The first-order valence-electron chi connectivity index (χ1n) is 25.9. The molecule has 1 heterocycles. The normalized spacial score (nSPS) is 20.7. The Morgan fingerprint density at radius 3 is 1.51 bits per heavy atom. The summed E-state index contributed by atoms with van der Waals surface area (Å²) in [6, 6.07) is 84.7. The Bertz CT molecular complexity index is 3970. The lowest BCUT2D eigenvalue weighted by atomic mass is 9.43. The summed E-state index contributed by atoms with van der Waals surface area (Å²) in [5, 5.41) is 10.1. The molecule has 0 saturated heterocycles. The van der Waals surface area contributed by atoms with Crippen molar-refractivity contribution in [2.75, 3.05) is 9.80 Å². The summed E-state index contributed by atoms with van der Waals surface area (Å²) in [5.74, 6) is 3.12. The van der Waals surface area contributed by atoms with Gasteiger partial charge < -0.3 is 14.4 Å². The fourth-order valence-corrected chi connectivity index (χ4v) is 15.5.